The highest BCUT2D eigenvalue weighted by Gasteiger charge is 2.23. The van der Waals surface area contributed by atoms with Gasteiger partial charge in [0.05, 0.1) is 30.5 Å². The topological polar surface area (TPSA) is 63.3 Å². The maximum Gasteiger partial charge on any atom is 0.150 e. The van der Waals surface area contributed by atoms with E-state index in [0.717, 1.165) is 66.6 Å². The Kier molecular flexibility index (Phi) is 5.48. The Balaban J connectivity index is 1.61. The molecule has 4 bridgehead atoms. The van der Waals surface area contributed by atoms with Crippen LogP contribution >= 0.6 is 0 Å². The van der Waals surface area contributed by atoms with Crippen molar-refractivity contribution in [3.05, 3.63) is 30.6 Å². The lowest BCUT2D eigenvalue weighted by Crippen LogP contribution is -2.19. The Morgan fingerprint density at radius 1 is 1.03 bits per heavy atom. The lowest BCUT2D eigenvalue weighted by molar-refractivity contribution is -0.0365. The molecule has 7 nitrogen and oxygen atoms in total. The zero-order valence-corrected chi connectivity index (χ0v) is 17.8. The van der Waals surface area contributed by atoms with Gasteiger partial charge in [-0.3, -0.25) is 4.68 Å². The molecule has 0 spiro atoms. The number of hydrogen-bond donors (Lipinski definition) is 0. The first kappa shape index (κ1) is 19.6. The third-order valence-electron chi connectivity index (χ3n) is 6.12. The van der Waals surface area contributed by atoms with Gasteiger partial charge in [0, 0.05) is 36.8 Å². The number of hydrogen-bond acceptors (Lipinski definition) is 5. The predicted molar refractivity (Wildman–Crippen MR) is 115 cm³/mol. The van der Waals surface area contributed by atoms with Gasteiger partial charge in [-0.1, -0.05) is 0 Å². The van der Waals surface area contributed by atoms with Crippen molar-refractivity contribution in [1.29, 1.82) is 0 Å². The van der Waals surface area contributed by atoms with E-state index < -0.39 is 0 Å². The average Bonchev–Trinajstić information content (AvgIpc) is 3.38. The summed E-state index contributed by atoms with van der Waals surface area (Å²) in [7, 11) is 0. The van der Waals surface area contributed by atoms with Crippen LogP contribution in [0.5, 0.6) is 5.75 Å². The largest absolute Gasteiger partial charge is 0.491 e. The van der Waals surface area contributed by atoms with E-state index in [1.54, 1.807) is 0 Å². The van der Waals surface area contributed by atoms with Crippen molar-refractivity contribution in [3.8, 4) is 17.0 Å². The molecule has 2 aromatic heterocycles. The summed E-state index contributed by atoms with van der Waals surface area (Å²) in [6.45, 7) is 6.47. The Labute approximate surface area is 176 Å². The van der Waals surface area contributed by atoms with Gasteiger partial charge < -0.3 is 14.2 Å². The second-order valence-corrected chi connectivity index (χ2v) is 8.47. The fourth-order valence-electron chi connectivity index (χ4n) is 4.27. The van der Waals surface area contributed by atoms with Gasteiger partial charge in [-0.15, -0.1) is 0 Å². The van der Waals surface area contributed by atoms with Gasteiger partial charge in [0.1, 0.15) is 11.4 Å². The van der Waals surface area contributed by atoms with E-state index in [1.165, 1.54) is 0 Å². The molecule has 3 atom stereocenters. The Bertz CT molecular complexity index is 1010. The first-order valence-corrected chi connectivity index (χ1v) is 11.1. The zero-order chi connectivity index (χ0) is 20.5. The van der Waals surface area contributed by atoms with E-state index in [9.17, 15) is 0 Å². The van der Waals surface area contributed by atoms with E-state index in [2.05, 4.69) is 42.0 Å². The molecule has 0 amide bonds. The summed E-state index contributed by atoms with van der Waals surface area (Å²) >= 11 is 0. The van der Waals surface area contributed by atoms with Gasteiger partial charge in [-0.05, 0) is 57.7 Å². The van der Waals surface area contributed by atoms with Crippen LogP contribution in [0.15, 0.2) is 30.6 Å². The van der Waals surface area contributed by atoms with Gasteiger partial charge in [-0.25, -0.2) is 4.68 Å². The summed E-state index contributed by atoms with van der Waals surface area (Å²) < 4.78 is 22.1. The highest BCUT2D eigenvalue weighted by atomic mass is 16.5. The van der Waals surface area contributed by atoms with Crippen LogP contribution < -0.4 is 4.74 Å². The first-order chi connectivity index (χ1) is 14.7. The SMILES string of the molecule is CC1CCOCCC(C)n2cc(cn2)-c2nn(C3CCCCO3)c3ccc(cc23)O1. The van der Waals surface area contributed by atoms with Crippen molar-refractivity contribution in [3.63, 3.8) is 0 Å². The minimum atomic E-state index is -0.0163. The lowest BCUT2D eigenvalue weighted by Gasteiger charge is -2.23. The van der Waals surface area contributed by atoms with Crippen molar-refractivity contribution in [1.82, 2.24) is 19.6 Å². The van der Waals surface area contributed by atoms with Crippen LogP contribution in [-0.2, 0) is 9.47 Å². The molecule has 1 aromatic carbocycles. The van der Waals surface area contributed by atoms with Gasteiger partial charge >= 0.3 is 0 Å². The molecule has 0 N–H and O–H groups in total. The molecular weight excluding hydrogens is 380 g/mol. The lowest BCUT2D eigenvalue weighted by atomic mass is 10.1. The number of benzene rings is 1. The van der Waals surface area contributed by atoms with Crippen LogP contribution in [0.2, 0.25) is 0 Å². The maximum atomic E-state index is 6.19. The molecule has 2 aliphatic heterocycles. The molecule has 2 aliphatic rings. The number of rotatable bonds is 1. The summed E-state index contributed by atoms with van der Waals surface area (Å²) in [4.78, 5) is 0. The number of fused-ring (bicyclic) bond motifs is 4. The summed E-state index contributed by atoms with van der Waals surface area (Å²) in [5, 5.41) is 10.7. The standard InChI is InChI=1S/C23H30N4O3/c1-16-8-11-28-12-9-17(2)30-19-6-7-21-20(13-19)23(18-14-24-26(16)15-18)25-27(21)22-5-3-4-10-29-22/h6-7,13-17,22H,3-5,8-12H2,1-2H3. The summed E-state index contributed by atoms with van der Waals surface area (Å²) in [5.41, 5.74) is 3.02. The van der Waals surface area contributed by atoms with E-state index in [4.69, 9.17) is 19.3 Å². The van der Waals surface area contributed by atoms with Gasteiger partial charge in [0.15, 0.2) is 6.23 Å². The summed E-state index contributed by atoms with van der Waals surface area (Å²) in [6.07, 6.45) is 9.13. The molecular formula is C23H30N4O3. The molecule has 0 aliphatic carbocycles. The Morgan fingerprint density at radius 2 is 1.93 bits per heavy atom. The smallest absolute Gasteiger partial charge is 0.150 e. The van der Waals surface area contributed by atoms with Crippen LogP contribution in [0.25, 0.3) is 22.2 Å². The predicted octanol–water partition coefficient (Wildman–Crippen LogP) is 4.74. The Morgan fingerprint density at radius 3 is 2.80 bits per heavy atom. The molecule has 1 fully saturated rings. The molecule has 0 radical (unpaired) electrons. The molecule has 7 heteroatoms. The molecule has 160 valence electrons. The number of aromatic nitrogens is 4. The van der Waals surface area contributed by atoms with Crippen LogP contribution in [0, 0.1) is 0 Å². The molecule has 3 unspecified atom stereocenters. The van der Waals surface area contributed by atoms with Crippen LogP contribution in [-0.4, -0.2) is 45.5 Å². The van der Waals surface area contributed by atoms with E-state index in [1.807, 2.05) is 16.9 Å². The van der Waals surface area contributed by atoms with Crippen molar-refractivity contribution >= 4 is 10.9 Å². The van der Waals surface area contributed by atoms with Crippen molar-refractivity contribution in [2.45, 2.75) is 64.3 Å². The monoisotopic (exact) mass is 410 g/mol. The molecule has 30 heavy (non-hydrogen) atoms. The second kappa shape index (κ2) is 8.40. The third kappa shape index (κ3) is 3.84. The summed E-state index contributed by atoms with van der Waals surface area (Å²) in [6, 6.07) is 6.51. The molecule has 1 saturated heterocycles. The second-order valence-electron chi connectivity index (χ2n) is 8.47. The minimum Gasteiger partial charge on any atom is -0.491 e. The van der Waals surface area contributed by atoms with E-state index in [0.29, 0.717) is 13.2 Å². The average molecular weight is 411 g/mol. The first-order valence-electron chi connectivity index (χ1n) is 11.1. The van der Waals surface area contributed by atoms with Gasteiger partial charge in [0.25, 0.3) is 0 Å². The number of ether oxygens (including phenoxy) is 3. The fourth-order valence-corrected chi connectivity index (χ4v) is 4.27. The summed E-state index contributed by atoms with van der Waals surface area (Å²) in [5.74, 6) is 0.857. The van der Waals surface area contributed by atoms with Gasteiger partial charge in [-0.2, -0.15) is 10.2 Å². The van der Waals surface area contributed by atoms with Gasteiger partial charge in [0.2, 0.25) is 0 Å². The van der Waals surface area contributed by atoms with Crippen molar-refractivity contribution < 1.29 is 14.2 Å². The quantitative estimate of drug-likeness (QED) is 0.580. The van der Waals surface area contributed by atoms with E-state index >= 15 is 0 Å². The zero-order valence-electron chi connectivity index (χ0n) is 17.8. The number of nitrogens with zero attached hydrogens (tertiary/aromatic N) is 4. The highest BCUT2D eigenvalue weighted by Crippen LogP contribution is 2.35. The van der Waals surface area contributed by atoms with Crippen molar-refractivity contribution in [2.75, 3.05) is 19.8 Å². The van der Waals surface area contributed by atoms with Crippen LogP contribution in [0.3, 0.4) is 0 Å². The maximum absolute atomic E-state index is 6.19. The Hall–Kier alpha value is -2.38. The highest BCUT2D eigenvalue weighted by molar-refractivity contribution is 5.94. The van der Waals surface area contributed by atoms with Crippen molar-refractivity contribution in [2.24, 2.45) is 0 Å². The third-order valence-corrected chi connectivity index (χ3v) is 6.12. The molecule has 0 saturated carbocycles. The van der Waals surface area contributed by atoms with E-state index in [-0.39, 0.29) is 18.4 Å². The molecule has 3 aromatic rings. The molecule has 5 rings (SSSR count). The van der Waals surface area contributed by atoms with Crippen LogP contribution in [0.1, 0.15) is 58.2 Å². The minimum absolute atomic E-state index is 0.0163. The van der Waals surface area contributed by atoms with Crippen LogP contribution in [0.4, 0.5) is 0 Å². The molecule has 4 heterocycles. The normalized spacial score (nSPS) is 25.6. The fraction of sp³-hybridized carbons (Fsp3) is 0.565.